The largest absolute Gasteiger partial charge is 0.377 e. The van der Waals surface area contributed by atoms with Gasteiger partial charge < -0.3 is 10.1 Å². The van der Waals surface area contributed by atoms with Gasteiger partial charge in [-0.15, -0.1) is 0 Å². The molecule has 0 bridgehead atoms. The van der Waals surface area contributed by atoms with Crippen LogP contribution in [0.15, 0.2) is 42.0 Å². The summed E-state index contributed by atoms with van der Waals surface area (Å²) in [6.07, 6.45) is 4.33. The van der Waals surface area contributed by atoms with E-state index in [2.05, 4.69) is 36.5 Å². The third kappa shape index (κ3) is 2.99. The van der Waals surface area contributed by atoms with Crippen LogP contribution in [0.3, 0.4) is 0 Å². The maximum Gasteiger partial charge on any atom is 0.129 e. The number of benzene rings is 1. The molecule has 3 heteroatoms. The minimum absolute atomic E-state index is 0.766. The van der Waals surface area contributed by atoms with Gasteiger partial charge in [0.25, 0.3) is 0 Å². The zero-order valence-electron chi connectivity index (χ0n) is 11.9. The molecule has 1 aromatic carbocycles. The van der Waals surface area contributed by atoms with E-state index in [1.807, 2.05) is 12.1 Å². The predicted octanol–water partition coefficient (Wildman–Crippen LogP) is 3.69. The maximum atomic E-state index is 5.32. The quantitative estimate of drug-likeness (QED) is 0.859. The lowest BCUT2D eigenvalue weighted by Crippen LogP contribution is -2.10. The van der Waals surface area contributed by atoms with Gasteiger partial charge in [-0.1, -0.05) is 29.8 Å². The van der Waals surface area contributed by atoms with Crippen molar-refractivity contribution in [1.82, 2.24) is 4.98 Å². The first-order valence-electron chi connectivity index (χ1n) is 7.19. The fourth-order valence-corrected chi connectivity index (χ4v) is 2.53. The molecule has 0 fully saturated rings. The molecule has 1 N–H and O–H groups in total. The number of aryl methyl sites for hydroxylation is 1. The number of anilines is 1. The number of nitrogens with one attached hydrogen (secondary N) is 1. The monoisotopic (exact) mass is 268 g/mol. The molecule has 3 rings (SSSR count). The molecule has 2 heterocycles. The minimum atomic E-state index is 0.766. The van der Waals surface area contributed by atoms with E-state index >= 15 is 0 Å². The van der Waals surface area contributed by atoms with E-state index < -0.39 is 0 Å². The Kier molecular flexibility index (Phi) is 3.97. The van der Waals surface area contributed by atoms with Crippen LogP contribution in [0.5, 0.6) is 0 Å². The Hall–Kier alpha value is -1.87. The molecule has 0 spiro atoms. The van der Waals surface area contributed by atoms with Crippen LogP contribution < -0.4 is 5.32 Å². The van der Waals surface area contributed by atoms with Crippen LogP contribution in [0.2, 0.25) is 0 Å². The van der Waals surface area contributed by atoms with Crippen LogP contribution in [0.25, 0.3) is 10.9 Å². The van der Waals surface area contributed by atoms with Gasteiger partial charge in [-0.3, -0.25) is 0 Å². The van der Waals surface area contributed by atoms with Gasteiger partial charge in [-0.05, 0) is 37.5 Å². The molecule has 2 aromatic rings. The van der Waals surface area contributed by atoms with Crippen molar-refractivity contribution >= 4 is 16.7 Å². The Labute approximate surface area is 119 Å². The number of aromatic nitrogens is 1. The Morgan fingerprint density at radius 1 is 1.30 bits per heavy atom. The van der Waals surface area contributed by atoms with E-state index in [9.17, 15) is 0 Å². The third-order valence-corrected chi connectivity index (χ3v) is 3.71. The van der Waals surface area contributed by atoms with E-state index in [4.69, 9.17) is 9.72 Å². The molecule has 0 saturated carbocycles. The topological polar surface area (TPSA) is 34.2 Å². The van der Waals surface area contributed by atoms with Crippen LogP contribution in [0.4, 0.5) is 5.82 Å². The first-order chi connectivity index (χ1) is 9.83. The molecule has 3 nitrogen and oxygen atoms in total. The van der Waals surface area contributed by atoms with Gasteiger partial charge in [0.05, 0.1) is 18.7 Å². The van der Waals surface area contributed by atoms with E-state index in [1.165, 1.54) is 16.5 Å². The molecule has 0 unspecified atom stereocenters. The normalized spacial score (nSPS) is 15.2. The van der Waals surface area contributed by atoms with Crippen LogP contribution in [0.1, 0.15) is 18.4 Å². The van der Waals surface area contributed by atoms with Gasteiger partial charge in [-0.2, -0.15) is 0 Å². The number of ether oxygens (including phenoxy) is 1. The SMILES string of the molecule is Cc1cc2ccccc2nc1NCCC1=CCOCC1. The van der Waals surface area contributed by atoms with Gasteiger partial charge in [0.15, 0.2) is 0 Å². The predicted molar refractivity (Wildman–Crippen MR) is 83.1 cm³/mol. The number of fused-ring (bicyclic) bond motifs is 1. The molecule has 20 heavy (non-hydrogen) atoms. The highest BCUT2D eigenvalue weighted by molar-refractivity contribution is 5.81. The summed E-state index contributed by atoms with van der Waals surface area (Å²) in [5, 5.41) is 4.66. The number of para-hydroxylation sites is 1. The molecule has 0 amide bonds. The molecule has 0 radical (unpaired) electrons. The van der Waals surface area contributed by atoms with Crippen molar-refractivity contribution in [2.75, 3.05) is 25.1 Å². The lowest BCUT2D eigenvalue weighted by molar-refractivity contribution is 0.153. The van der Waals surface area contributed by atoms with E-state index in [1.54, 1.807) is 0 Å². The van der Waals surface area contributed by atoms with Crippen LogP contribution >= 0.6 is 0 Å². The Bertz CT molecular complexity index is 634. The summed E-state index contributed by atoms with van der Waals surface area (Å²) in [5.74, 6) is 0.997. The standard InChI is InChI=1S/C17H20N2O/c1-13-12-15-4-2-3-5-16(15)19-17(13)18-9-6-14-7-10-20-11-8-14/h2-5,7,12H,6,8-11H2,1H3,(H,18,19). The summed E-state index contributed by atoms with van der Waals surface area (Å²) in [6, 6.07) is 10.4. The number of pyridine rings is 1. The second-order valence-electron chi connectivity index (χ2n) is 5.21. The van der Waals surface area contributed by atoms with Gasteiger partial charge in [0.1, 0.15) is 5.82 Å². The number of hydrogen-bond donors (Lipinski definition) is 1. The Morgan fingerprint density at radius 3 is 3.05 bits per heavy atom. The summed E-state index contributed by atoms with van der Waals surface area (Å²) in [6.45, 7) is 4.66. The summed E-state index contributed by atoms with van der Waals surface area (Å²) < 4.78 is 5.32. The van der Waals surface area contributed by atoms with Crippen molar-refractivity contribution in [2.45, 2.75) is 19.8 Å². The summed E-state index contributed by atoms with van der Waals surface area (Å²) in [7, 11) is 0. The fourth-order valence-electron chi connectivity index (χ4n) is 2.53. The zero-order valence-corrected chi connectivity index (χ0v) is 11.9. The number of rotatable bonds is 4. The molecule has 0 saturated heterocycles. The van der Waals surface area contributed by atoms with Crippen LogP contribution in [0, 0.1) is 6.92 Å². The molecule has 1 aliphatic heterocycles. The Balaban J connectivity index is 1.67. The third-order valence-electron chi connectivity index (χ3n) is 3.71. The highest BCUT2D eigenvalue weighted by atomic mass is 16.5. The number of nitrogens with zero attached hydrogens (tertiary/aromatic N) is 1. The second kappa shape index (κ2) is 6.06. The highest BCUT2D eigenvalue weighted by Gasteiger charge is 2.05. The maximum absolute atomic E-state index is 5.32. The van der Waals surface area contributed by atoms with Gasteiger partial charge >= 0.3 is 0 Å². The van der Waals surface area contributed by atoms with Crippen molar-refractivity contribution in [3.63, 3.8) is 0 Å². The molecular formula is C17H20N2O. The average Bonchev–Trinajstić information content (AvgIpc) is 2.49. The van der Waals surface area contributed by atoms with Crippen LogP contribution in [-0.2, 0) is 4.74 Å². The Morgan fingerprint density at radius 2 is 2.20 bits per heavy atom. The fraction of sp³-hybridized carbons (Fsp3) is 0.353. The molecular weight excluding hydrogens is 248 g/mol. The first-order valence-corrected chi connectivity index (χ1v) is 7.19. The van der Waals surface area contributed by atoms with Crippen LogP contribution in [-0.4, -0.2) is 24.7 Å². The van der Waals surface area contributed by atoms with Crippen molar-refractivity contribution < 1.29 is 4.74 Å². The number of hydrogen-bond acceptors (Lipinski definition) is 3. The van der Waals surface area contributed by atoms with Crippen molar-refractivity contribution in [3.8, 4) is 0 Å². The smallest absolute Gasteiger partial charge is 0.129 e. The first kappa shape index (κ1) is 13.1. The molecule has 104 valence electrons. The van der Waals surface area contributed by atoms with Gasteiger partial charge in [0, 0.05) is 11.9 Å². The summed E-state index contributed by atoms with van der Waals surface area (Å²) >= 11 is 0. The summed E-state index contributed by atoms with van der Waals surface area (Å²) in [4.78, 5) is 4.70. The van der Waals surface area contributed by atoms with E-state index in [0.29, 0.717) is 0 Å². The molecule has 0 atom stereocenters. The second-order valence-corrected chi connectivity index (χ2v) is 5.21. The zero-order chi connectivity index (χ0) is 13.8. The van der Waals surface area contributed by atoms with Crippen molar-refractivity contribution in [2.24, 2.45) is 0 Å². The molecule has 1 aliphatic rings. The van der Waals surface area contributed by atoms with Crippen molar-refractivity contribution in [1.29, 1.82) is 0 Å². The lowest BCUT2D eigenvalue weighted by Gasteiger charge is -2.15. The molecule has 1 aromatic heterocycles. The summed E-state index contributed by atoms with van der Waals surface area (Å²) in [5.41, 5.74) is 3.73. The average molecular weight is 268 g/mol. The van der Waals surface area contributed by atoms with Crippen molar-refractivity contribution in [3.05, 3.63) is 47.5 Å². The molecule has 0 aliphatic carbocycles. The van der Waals surface area contributed by atoms with E-state index in [0.717, 1.165) is 43.9 Å². The minimum Gasteiger partial charge on any atom is -0.377 e. The highest BCUT2D eigenvalue weighted by Crippen LogP contribution is 2.20. The lowest BCUT2D eigenvalue weighted by atomic mass is 10.1. The van der Waals surface area contributed by atoms with Gasteiger partial charge in [-0.25, -0.2) is 4.98 Å². The van der Waals surface area contributed by atoms with E-state index in [-0.39, 0.29) is 0 Å². The van der Waals surface area contributed by atoms with Gasteiger partial charge in [0.2, 0.25) is 0 Å².